The summed E-state index contributed by atoms with van der Waals surface area (Å²) in [4.78, 5) is 37.5. The van der Waals surface area contributed by atoms with Crippen molar-refractivity contribution in [3.05, 3.63) is 90.0 Å². The van der Waals surface area contributed by atoms with Crippen LogP contribution in [0.1, 0.15) is 41.7 Å². The lowest BCUT2D eigenvalue weighted by Crippen LogP contribution is -2.29. The second kappa shape index (κ2) is 8.33. The minimum absolute atomic E-state index is 0.163. The van der Waals surface area contributed by atoms with E-state index in [4.69, 9.17) is 0 Å². The quantitative estimate of drug-likeness (QED) is 0.644. The summed E-state index contributed by atoms with van der Waals surface area (Å²) in [6.07, 6.45) is 0.475. The van der Waals surface area contributed by atoms with Gasteiger partial charge in [-0.15, -0.1) is 0 Å². The summed E-state index contributed by atoms with van der Waals surface area (Å²) in [6.45, 7) is 1.94. The lowest BCUT2D eigenvalue weighted by molar-refractivity contribution is -0.121. The third-order valence-corrected chi connectivity index (χ3v) is 5.30. The molecule has 5 nitrogen and oxygen atoms in total. The molecular formula is C25H22N2O3. The van der Waals surface area contributed by atoms with Crippen LogP contribution in [0.4, 0.5) is 5.69 Å². The van der Waals surface area contributed by atoms with Gasteiger partial charge in [-0.3, -0.25) is 19.3 Å². The maximum absolute atomic E-state index is 12.6. The van der Waals surface area contributed by atoms with Crippen LogP contribution >= 0.6 is 0 Å². The first-order chi connectivity index (χ1) is 14.5. The lowest BCUT2D eigenvalue weighted by Gasteiger charge is -2.16. The Hall–Kier alpha value is -3.73. The van der Waals surface area contributed by atoms with Gasteiger partial charge in [-0.25, -0.2) is 0 Å². The highest BCUT2D eigenvalue weighted by atomic mass is 16.2. The van der Waals surface area contributed by atoms with E-state index in [1.54, 1.807) is 24.3 Å². The smallest absolute Gasteiger partial charge is 0.251 e. The Morgan fingerprint density at radius 1 is 0.800 bits per heavy atom. The largest absolute Gasteiger partial charge is 0.346 e. The van der Waals surface area contributed by atoms with Gasteiger partial charge in [0.1, 0.15) is 0 Å². The fourth-order valence-corrected chi connectivity index (χ4v) is 3.58. The minimum Gasteiger partial charge on any atom is -0.346 e. The summed E-state index contributed by atoms with van der Waals surface area (Å²) in [6, 6.07) is 24.6. The number of anilines is 1. The number of hydrogen-bond acceptors (Lipinski definition) is 3. The average molecular weight is 398 g/mol. The molecule has 0 unspecified atom stereocenters. The average Bonchev–Trinajstić information content (AvgIpc) is 3.12. The molecule has 5 heteroatoms. The molecule has 0 saturated carbocycles. The zero-order chi connectivity index (χ0) is 21.1. The predicted molar refractivity (Wildman–Crippen MR) is 116 cm³/mol. The van der Waals surface area contributed by atoms with E-state index >= 15 is 0 Å². The summed E-state index contributed by atoms with van der Waals surface area (Å²) in [5.41, 5.74) is 4.26. The molecule has 1 aliphatic heterocycles. The maximum Gasteiger partial charge on any atom is 0.251 e. The standard InChI is InChI=1S/C25H22N2O3/c1-17(18-7-9-20(10-8-18)19-5-3-2-4-6-19)26-25(30)21-11-13-22(14-12-21)27-23(28)15-16-24(27)29/h2-14,17H,15-16H2,1H3,(H,26,30)/t17-/m0/s1. The molecule has 1 heterocycles. The second-order valence-corrected chi connectivity index (χ2v) is 7.35. The van der Waals surface area contributed by atoms with E-state index < -0.39 is 0 Å². The molecule has 1 fully saturated rings. The molecule has 30 heavy (non-hydrogen) atoms. The maximum atomic E-state index is 12.6. The second-order valence-electron chi connectivity index (χ2n) is 7.35. The first-order valence-electron chi connectivity index (χ1n) is 9.95. The Kier molecular flexibility index (Phi) is 5.44. The summed E-state index contributed by atoms with van der Waals surface area (Å²) in [5.74, 6) is -0.616. The van der Waals surface area contributed by atoms with Crippen molar-refractivity contribution in [2.24, 2.45) is 0 Å². The van der Waals surface area contributed by atoms with Crippen LogP contribution in [0, 0.1) is 0 Å². The van der Waals surface area contributed by atoms with Crippen molar-refractivity contribution < 1.29 is 14.4 Å². The number of amides is 3. The van der Waals surface area contributed by atoms with Gasteiger partial charge in [0.15, 0.2) is 0 Å². The lowest BCUT2D eigenvalue weighted by atomic mass is 10.0. The monoisotopic (exact) mass is 398 g/mol. The van der Waals surface area contributed by atoms with Crippen molar-refractivity contribution in [3.63, 3.8) is 0 Å². The van der Waals surface area contributed by atoms with Gasteiger partial charge in [-0.2, -0.15) is 0 Å². The molecule has 0 aromatic heterocycles. The number of carbonyl (C=O) groups excluding carboxylic acids is 3. The highest BCUT2D eigenvalue weighted by molar-refractivity contribution is 6.19. The third kappa shape index (κ3) is 4.01. The van der Waals surface area contributed by atoms with Crippen LogP contribution in [0.3, 0.4) is 0 Å². The van der Waals surface area contributed by atoms with E-state index in [1.165, 1.54) is 4.90 Å². The van der Waals surface area contributed by atoms with Gasteiger partial charge >= 0.3 is 0 Å². The molecule has 3 aromatic rings. The Balaban J connectivity index is 1.42. The van der Waals surface area contributed by atoms with Gasteiger partial charge in [-0.1, -0.05) is 54.6 Å². The summed E-state index contributed by atoms with van der Waals surface area (Å²) in [7, 11) is 0. The predicted octanol–water partition coefficient (Wildman–Crippen LogP) is 4.50. The highest BCUT2D eigenvalue weighted by Gasteiger charge is 2.30. The number of imide groups is 1. The van der Waals surface area contributed by atoms with E-state index in [0.717, 1.165) is 16.7 Å². The van der Waals surface area contributed by atoms with Crippen LogP contribution in [0.15, 0.2) is 78.9 Å². The van der Waals surface area contributed by atoms with Crippen molar-refractivity contribution in [2.75, 3.05) is 4.90 Å². The summed E-state index contributed by atoms with van der Waals surface area (Å²) < 4.78 is 0. The molecule has 0 radical (unpaired) electrons. The molecule has 1 atom stereocenters. The molecule has 3 aromatic carbocycles. The van der Waals surface area contributed by atoms with Crippen molar-refractivity contribution in [1.29, 1.82) is 0 Å². The van der Waals surface area contributed by atoms with E-state index in [1.807, 2.05) is 49.4 Å². The van der Waals surface area contributed by atoms with Crippen molar-refractivity contribution in [1.82, 2.24) is 5.32 Å². The minimum atomic E-state index is -0.208. The van der Waals surface area contributed by atoms with Gasteiger partial charge in [0, 0.05) is 18.4 Å². The molecule has 0 spiro atoms. The van der Waals surface area contributed by atoms with Crippen molar-refractivity contribution in [3.8, 4) is 11.1 Å². The van der Waals surface area contributed by atoms with Gasteiger partial charge in [0.05, 0.1) is 11.7 Å². The molecule has 0 aliphatic carbocycles. The number of rotatable bonds is 5. The number of nitrogens with one attached hydrogen (secondary N) is 1. The number of hydrogen-bond donors (Lipinski definition) is 1. The summed E-state index contributed by atoms with van der Waals surface area (Å²) in [5, 5.41) is 2.99. The Bertz CT molecular complexity index is 1060. The van der Waals surface area contributed by atoms with Crippen LogP contribution in [0.2, 0.25) is 0 Å². The molecule has 0 bridgehead atoms. The molecule has 150 valence electrons. The molecule has 1 saturated heterocycles. The summed E-state index contributed by atoms with van der Waals surface area (Å²) >= 11 is 0. The van der Waals surface area contributed by atoms with E-state index in [2.05, 4.69) is 17.4 Å². The third-order valence-electron chi connectivity index (χ3n) is 5.30. The van der Waals surface area contributed by atoms with Crippen LogP contribution in [0.25, 0.3) is 11.1 Å². The Morgan fingerprint density at radius 3 is 1.97 bits per heavy atom. The zero-order valence-electron chi connectivity index (χ0n) is 16.7. The zero-order valence-corrected chi connectivity index (χ0v) is 16.7. The molecular weight excluding hydrogens is 376 g/mol. The van der Waals surface area contributed by atoms with E-state index in [9.17, 15) is 14.4 Å². The van der Waals surface area contributed by atoms with Crippen LogP contribution < -0.4 is 10.2 Å². The fraction of sp³-hybridized carbons (Fsp3) is 0.160. The van der Waals surface area contributed by atoms with E-state index in [-0.39, 0.29) is 36.6 Å². The topological polar surface area (TPSA) is 66.5 Å². The molecule has 1 aliphatic rings. The van der Waals surface area contributed by atoms with Crippen LogP contribution in [-0.2, 0) is 9.59 Å². The van der Waals surface area contributed by atoms with Crippen LogP contribution in [-0.4, -0.2) is 17.7 Å². The van der Waals surface area contributed by atoms with Gasteiger partial charge in [0.25, 0.3) is 5.91 Å². The SMILES string of the molecule is C[C@H](NC(=O)c1ccc(N2C(=O)CCC2=O)cc1)c1ccc(-c2ccccc2)cc1. The molecule has 3 amide bonds. The number of carbonyl (C=O) groups is 3. The van der Waals surface area contributed by atoms with Crippen LogP contribution in [0.5, 0.6) is 0 Å². The normalized spacial score (nSPS) is 14.6. The Morgan fingerprint density at radius 2 is 1.37 bits per heavy atom. The van der Waals surface area contributed by atoms with Crippen molar-refractivity contribution >= 4 is 23.4 Å². The van der Waals surface area contributed by atoms with Gasteiger partial charge in [-0.05, 0) is 47.9 Å². The van der Waals surface area contributed by atoms with E-state index in [0.29, 0.717) is 11.3 Å². The molecule has 4 rings (SSSR count). The Labute approximate surface area is 175 Å². The number of benzene rings is 3. The highest BCUT2D eigenvalue weighted by Crippen LogP contribution is 2.24. The van der Waals surface area contributed by atoms with Gasteiger partial charge < -0.3 is 5.32 Å². The number of nitrogens with zero attached hydrogens (tertiary/aromatic N) is 1. The molecule has 1 N–H and O–H groups in total. The van der Waals surface area contributed by atoms with Crippen molar-refractivity contribution in [2.45, 2.75) is 25.8 Å². The first kappa shape index (κ1) is 19.6. The first-order valence-corrected chi connectivity index (χ1v) is 9.95. The van der Waals surface area contributed by atoms with Gasteiger partial charge in [0.2, 0.25) is 11.8 Å². The fourth-order valence-electron chi connectivity index (χ4n) is 3.58.